The summed E-state index contributed by atoms with van der Waals surface area (Å²) in [5, 5.41) is 1.84. The van der Waals surface area contributed by atoms with Gasteiger partial charge in [-0.05, 0) is 51.8 Å². The molecule has 10 nitrogen and oxygen atoms in total. The number of ether oxygens (including phenoxy) is 3. The zero-order valence-electron chi connectivity index (χ0n) is 21.3. The van der Waals surface area contributed by atoms with Gasteiger partial charge in [-0.15, -0.1) is 0 Å². The Labute approximate surface area is 219 Å². The summed E-state index contributed by atoms with van der Waals surface area (Å²) in [6.07, 6.45) is 1.96. The molecule has 2 bridgehead atoms. The van der Waals surface area contributed by atoms with Crippen molar-refractivity contribution in [1.82, 2.24) is 14.9 Å². The molecule has 1 N–H and O–H groups in total. The van der Waals surface area contributed by atoms with Crippen molar-refractivity contribution in [3.63, 3.8) is 0 Å². The van der Waals surface area contributed by atoms with Crippen molar-refractivity contribution >= 4 is 27.4 Å². The van der Waals surface area contributed by atoms with Crippen LogP contribution in [0.3, 0.4) is 0 Å². The molecule has 2 atom stereocenters. The predicted molar refractivity (Wildman–Crippen MR) is 132 cm³/mol. The Morgan fingerprint density at radius 3 is 2.47 bits per heavy atom. The number of carbonyl (C=O) groups is 1. The second kappa shape index (κ2) is 9.92. The van der Waals surface area contributed by atoms with Gasteiger partial charge in [0.25, 0.3) is 5.88 Å². The molecule has 2 saturated heterocycles. The molecule has 0 radical (unpaired) electrons. The SMILES string of the molecule is CC(C)S(=O)(=O)c1ccc(Nc2ncnc(OC3C4COCC3CN(C(=O)OC3(C)CC3)C4)c2F)c(F)c1. The minimum Gasteiger partial charge on any atom is -0.471 e. The molecule has 2 aliphatic heterocycles. The van der Waals surface area contributed by atoms with Crippen LogP contribution in [0.15, 0.2) is 29.4 Å². The molecule has 3 fully saturated rings. The van der Waals surface area contributed by atoms with E-state index in [1.165, 1.54) is 26.0 Å². The summed E-state index contributed by atoms with van der Waals surface area (Å²) < 4.78 is 72.0. The molecule has 1 aliphatic carbocycles. The fraction of sp³-hybridized carbons (Fsp3) is 0.560. The highest BCUT2D eigenvalue weighted by molar-refractivity contribution is 7.92. The van der Waals surface area contributed by atoms with Crippen molar-refractivity contribution in [2.24, 2.45) is 11.8 Å². The Balaban J connectivity index is 1.30. The Kier molecular flexibility index (Phi) is 6.93. The van der Waals surface area contributed by atoms with Gasteiger partial charge in [0.2, 0.25) is 5.82 Å². The number of piperidine rings is 1. The molecule has 2 aromatic rings. The van der Waals surface area contributed by atoms with Gasteiger partial charge in [-0.3, -0.25) is 0 Å². The summed E-state index contributed by atoms with van der Waals surface area (Å²) in [6, 6.07) is 3.35. The zero-order valence-corrected chi connectivity index (χ0v) is 22.1. The number of sulfone groups is 1. The molecule has 3 heterocycles. The van der Waals surface area contributed by atoms with Crippen molar-refractivity contribution in [3.8, 4) is 5.88 Å². The Hall–Kier alpha value is -3.06. The lowest BCUT2D eigenvalue weighted by Gasteiger charge is -2.46. The third-order valence-electron chi connectivity index (χ3n) is 7.20. The topological polar surface area (TPSA) is 120 Å². The van der Waals surface area contributed by atoms with Crippen LogP contribution in [-0.2, 0) is 19.3 Å². The first kappa shape index (κ1) is 26.5. The minimum atomic E-state index is -3.67. The molecule has 3 aliphatic rings. The monoisotopic (exact) mass is 552 g/mol. The number of amides is 1. The van der Waals surface area contributed by atoms with Crippen LogP contribution in [0.2, 0.25) is 0 Å². The van der Waals surface area contributed by atoms with E-state index in [1.807, 2.05) is 6.92 Å². The maximum atomic E-state index is 15.3. The Morgan fingerprint density at radius 2 is 1.87 bits per heavy atom. The van der Waals surface area contributed by atoms with Crippen molar-refractivity contribution in [2.45, 2.75) is 55.5 Å². The van der Waals surface area contributed by atoms with Crippen LogP contribution in [0.5, 0.6) is 5.88 Å². The highest BCUT2D eigenvalue weighted by Gasteiger charge is 2.47. The lowest BCUT2D eigenvalue weighted by molar-refractivity contribution is -0.112. The van der Waals surface area contributed by atoms with Gasteiger partial charge in [0.15, 0.2) is 15.7 Å². The van der Waals surface area contributed by atoms with E-state index in [-0.39, 0.29) is 45.8 Å². The second-order valence-electron chi connectivity index (χ2n) is 10.6. The lowest BCUT2D eigenvalue weighted by Crippen LogP contribution is -2.59. The van der Waals surface area contributed by atoms with Gasteiger partial charge >= 0.3 is 6.09 Å². The van der Waals surface area contributed by atoms with Crippen molar-refractivity contribution < 1.29 is 36.2 Å². The molecular weight excluding hydrogens is 522 g/mol. The quantitative estimate of drug-likeness (QED) is 0.548. The summed E-state index contributed by atoms with van der Waals surface area (Å²) in [4.78, 5) is 21.9. The molecule has 13 heteroatoms. The number of halogens is 2. The van der Waals surface area contributed by atoms with E-state index >= 15 is 4.39 Å². The normalized spacial score (nSPS) is 24.2. The van der Waals surface area contributed by atoms with Crippen LogP contribution in [0.25, 0.3) is 0 Å². The van der Waals surface area contributed by atoms with E-state index in [2.05, 4.69) is 15.3 Å². The van der Waals surface area contributed by atoms with Gasteiger partial charge in [-0.25, -0.2) is 22.6 Å². The van der Waals surface area contributed by atoms with Gasteiger partial charge < -0.3 is 24.4 Å². The predicted octanol–water partition coefficient (Wildman–Crippen LogP) is 3.70. The summed E-state index contributed by atoms with van der Waals surface area (Å²) >= 11 is 0. The maximum absolute atomic E-state index is 15.3. The summed E-state index contributed by atoms with van der Waals surface area (Å²) in [7, 11) is -3.67. The van der Waals surface area contributed by atoms with Crippen molar-refractivity contribution in [1.29, 1.82) is 0 Å². The Morgan fingerprint density at radius 1 is 1.18 bits per heavy atom. The molecule has 0 spiro atoms. The van der Waals surface area contributed by atoms with E-state index in [1.54, 1.807) is 4.90 Å². The highest BCUT2D eigenvalue weighted by Crippen LogP contribution is 2.40. The van der Waals surface area contributed by atoms with Gasteiger partial charge in [0.05, 0.1) is 29.0 Å². The largest absolute Gasteiger partial charge is 0.471 e. The van der Waals surface area contributed by atoms with Crippen molar-refractivity contribution in [2.75, 3.05) is 31.6 Å². The van der Waals surface area contributed by atoms with Crippen LogP contribution in [0, 0.1) is 23.5 Å². The fourth-order valence-electron chi connectivity index (χ4n) is 4.62. The van der Waals surface area contributed by atoms with E-state index < -0.39 is 32.8 Å². The third-order valence-corrected chi connectivity index (χ3v) is 9.35. The number of likely N-dealkylation sites (tertiary alicyclic amines) is 1. The van der Waals surface area contributed by atoms with Crippen LogP contribution in [0.4, 0.5) is 25.1 Å². The van der Waals surface area contributed by atoms with Crippen LogP contribution in [0.1, 0.15) is 33.6 Å². The number of carbonyl (C=O) groups excluding carboxylic acids is 1. The van der Waals surface area contributed by atoms with Gasteiger partial charge in [0.1, 0.15) is 23.8 Å². The molecule has 1 amide bonds. The maximum Gasteiger partial charge on any atom is 0.410 e. The molecule has 1 aromatic heterocycles. The fourth-order valence-corrected chi connectivity index (χ4v) is 5.69. The van der Waals surface area contributed by atoms with E-state index in [0.29, 0.717) is 26.3 Å². The highest BCUT2D eigenvalue weighted by atomic mass is 32.2. The number of benzene rings is 1. The number of nitrogens with one attached hydrogen (secondary N) is 1. The van der Waals surface area contributed by atoms with E-state index in [4.69, 9.17) is 14.2 Å². The number of fused-ring (bicyclic) bond motifs is 2. The van der Waals surface area contributed by atoms with Crippen LogP contribution >= 0.6 is 0 Å². The number of nitrogens with zero attached hydrogens (tertiary/aromatic N) is 3. The average Bonchev–Trinajstić information content (AvgIpc) is 3.58. The molecule has 5 rings (SSSR count). The first-order valence-electron chi connectivity index (χ1n) is 12.5. The summed E-state index contributed by atoms with van der Waals surface area (Å²) in [6.45, 7) is 6.24. The smallest absolute Gasteiger partial charge is 0.410 e. The minimum absolute atomic E-state index is 0.155. The third kappa shape index (κ3) is 5.26. The van der Waals surface area contributed by atoms with Gasteiger partial charge in [-0.1, -0.05) is 0 Å². The van der Waals surface area contributed by atoms with Gasteiger partial charge in [0, 0.05) is 24.9 Å². The second-order valence-corrected chi connectivity index (χ2v) is 13.1. The Bertz CT molecular complexity index is 1320. The first-order valence-corrected chi connectivity index (χ1v) is 14.0. The molecular formula is C25H30F2N4O6S. The van der Waals surface area contributed by atoms with Crippen molar-refractivity contribution in [3.05, 3.63) is 36.2 Å². The van der Waals surface area contributed by atoms with E-state index in [9.17, 15) is 17.6 Å². The first-order chi connectivity index (χ1) is 18.0. The number of hydrogen-bond acceptors (Lipinski definition) is 9. The standard InChI is InChI=1S/C25H30F2N4O6S/c1-14(2)38(33,34)17-4-5-19(18(26)8-17)30-22-20(27)23(29-13-28-22)36-21-15-9-31(10-16(21)12-35-11-15)24(32)37-25(3)6-7-25/h4-5,8,13-16,21H,6-7,9-12H2,1-3H3,(H,28,29,30). The molecule has 38 heavy (non-hydrogen) atoms. The number of anilines is 2. The van der Waals surface area contributed by atoms with Gasteiger partial charge in [-0.2, -0.15) is 9.37 Å². The zero-order chi connectivity index (χ0) is 27.2. The van der Waals surface area contributed by atoms with Crippen LogP contribution < -0.4 is 10.1 Å². The molecule has 2 unspecified atom stereocenters. The molecule has 1 aromatic carbocycles. The number of hydrogen-bond donors (Lipinski definition) is 1. The average molecular weight is 553 g/mol. The summed E-state index contributed by atoms with van der Waals surface area (Å²) in [5.41, 5.74) is -0.538. The van der Waals surface area contributed by atoms with Crippen LogP contribution in [-0.4, -0.2) is 72.6 Å². The molecule has 1 saturated carbocycles. The number of rotatable bonds is 7. The molecule has 206 valence electrons. The number of aromatic nitrogens is 2. The van der Waals surface area contributed by atoms with E-state index in [0.717, 1.165) is 25.2 Å². The lowest BCUT2D eigenvalue weighted by atomic mass is 9.84. The summed E-state index contributed by atoms with van der Waals surface area (Å²) in [5.74, 6) is -2.88.